The van der Waals surface area contributed by atoms with Crippen LogP contribution in [0.3, 0.4) is 0 Å². The molecule has 2 aliphatic carbocycles. The normalized spacial score (nSPS) is 15.8. The zero-order chi connectivity index (χ0) is 24.8. The molecule has 1 saturated carbocycles. The summed E-state index contributed by atoms with van der Waals surface area (Å²) in [5.41, 5.74) is 4.02. The van der Waals surface area contributed by atoms with Crippen LogP contribution in [0.5, 0.6) is 0 Å². The highest BCUT2D eigenvalue weighted by Crippen LogP contribution is 2.44. The van der Waals surface area contributed by atoms with E-state index in [-0.39, 0.29) is 31.4 Å². The molecule has 0 unspecified atom stereocenters. The maximum Gasteiger partial charge on any atom is 0.407 e. The maximum absolute atomic E-state index is 13.4. The van der Waals surface area contributed by atoms with Gasteiger partial charge in [-0.1, -0.05) is 61.4 Å². The molecule has 1 fully saturated rings. The van der Waals surface area contributed by atoms with E-state index in [9.17, 15) is 14.4 Å². The zero-order valence-corrected chi connectivity index (χ0v) is 20.3. The number of amides is 2. The Morgan fingerprint density at radius 1 is 1.03 bits per heavy atom. The molecule has 0 bridgehead atoms. The fourth-order valence-electron chi connectivity index (χ4n) is 5.57. The summed E-state index contributed by atoms with van der Waals surface area (Å²) < 4.78 is 5.66. The molecule has 4 rings (SSSR count). The maximum atomic E-state index is 13.4. The van der Waals surface area contributed by atoms with Gasteiger partial charge in [-0.2, -0.15) is 0 Å². The van der Waals surface area contributed by atoms with E-state index in [0.717, 1.165) is 24.0 Å². The molecule has 0 aliphatic heterocycles. The predicted molar refractivity (Wildman–Crippen MR) is 133 cm³/mol. The summed E-state index contributed by atoms with van der Waals surface area (Å²) in [6.45, 7) is 3.30. The van der Waals surface area contributed by atoms with Crippen molar-refractivity contribution in [3.05, 3.63) is 59.7 Å². The van der Waals surface area contributed by atoms with Crippen LogP contribution >= 0.6 is 0 Å². The van der Waals surface area contributed by atoms with Crippen molar-refractivity contribution in [2.24, 2.45) is 5.41 Å². The second kappa shape index (κ2) is 10.9. The molecule has 0 heterocycles. The monoisotopic (exact) mass is 478 g/mol. The number of nitrogens with one attached hydrogen (secondary N) is 1. The molecule has 7 heteroatoms. The number of aliphatic carboxylic acids is 1. The molecule has 2 aromatic carbocycles. The first-order chi connectivity index (χ1) is 16.9. The van der Waals surface area contributed by atoms with Gasteiger partial charge in [0.1, 0.15) is 6.61 Å². The average Bonchev–Trinajstić information content (AvgIpc) is 3.47. The van der Waals surface area contributed by atoms with Crippen LogP contribution in [-0.4, -0.2) is 54.2 Å². The van der Waals surface area contributed by atoms with E-state index in [1.54, 1.807) is 4.90 Å². The fourth-order valence-corrected chi connectivity index (χ4v) is 5.57. The molecule has 2 amide bonds. The van der Waals surface area contributed by atoms with Crippen LogP contribution in [0.4, 0.5) is 4.79 Å². The summed E-state index contributed by atoms with van der Waals surface area (Å²) in [5.74, 6) is -0.872. The van der Waals surface area contributed by atoms with Crippen LogP contribution in [0.2, 0.25) is 0 Å². The highest BCUT2D eigenvalue weighted by atomic mass is 16.5. The summed E-state index contributed by atoms with van der Waals surface area (Å²) in [7, 11) is 0. The van der Waals surface area contributed by atoms with Crippen molar-refractivity contribution >= 4 is 18.0 Å². The number of ether oxygens (including phenoxy) is 1. The van der Waals surface area contributed by atoms with Gasteiger partial charge in [0.15, 0.2) is 0 Å². The van der Waals surface area contributed by atoms with E-state index in [4.69, 9.17) is 9.84 Å². The number of rotatable bonds is 10. The number of hydrogen-bond donors (Lipinski definition) is 2. The second-order valence-electron chi connectivity index (χ2n) is 9.55. The SMILES string of the molecule is CCN(CCCC(=O)O)C(=O)C1(CNC(=O)OCC2c3ccccc3-c3ccccc32)CCCC1. The first kappa shape index (κ1) is 24.8. The number of fused-ring (bicyclic) bond motifs is 3. The number of nitrogens with zero attached hydrogens (tertiary/aromatic N) is 1. The number of carboxylic acid groups (broad SMARTS) is 1. The molecule has 7 nitrogen and oxygen atoms in total. The molecular formula is C28H34N2O5. The van der Waals surface area contributed by atoms with Crippen molar-refractivity contribution in [3.63, 3.8) is 0 Å². The Hall–Kier alpha value is -3.35. The number of alkyl carbamates (subject to hydrolysis) is 1. The zero-order valence-electron chi connectivity index (χ0n) is 20.3. The van der Waals surface area contributed by atoms with Crippen molar-refractivity contribution in [3.8, 4) is 11.1 Å². The van der Waals surface area contributed by atoms with Crippen LogP contribution in [0, 0.1) is 5.41 Å². The third kappa shape index (κ3) is 5.34. The van der Waals surface area contributed by atoms with Gasteiger partial charge in [-0.05, 0) is 48.4 Å². The first-order valence-corrected chi connectivity index (χ1v) is 12.6. The van der Waals surface area contributed by atoms with Gasteiger partial charge in [0.05, 0.1) is 5.41 Å². The fraction of sp³-hybridized carbons (Fsp3) is 0.464. The van der Waals surface area contributed by atoms with Crippen LogP contribution in [0.15, 0.2) is 48.5 Å². The van der Waals surface area contributed by atoms with Crippen molar-refractivity contribution in [1.29, 1.82) is 0 Å². The third-order valence-electron chi connectivity index (χ3n) is 7.42. The number of benzene rings is 2. The van der Waals surface area contributed by atoms with Crippen molar-refractivity contribution in [2.45, 2.75) is 51.4 Å². The van der Waals surface area contributed by atoms with Gasteiger partial charge in [0.2, 0.25) is 5.91 Å². The van der Waals surface area contributed by atoms with Gasteiger partial charge in [-0.25, -0.2) is 4.79 Å². The van der Waals surface area contributed by atoms with Crippen LogP contribution in [0.25, 0.3) is 11.1 Å². The summed E-state index contributed by atoms with van der Waals surface area (Å²) in [4.78, 5) is 38.7. The van der Waals surface area contributed by atoms with Crippen LogP contribution < -0.4 is 5.32 Å². The average molecular weight is 479 g/mol. The quantitative estimate of drug-likeness (QED) is 0.511. The lowest BCUT2D eigenvalue weighted by Gasteiger charge is -2.34. The molecule has 0 spiro atoms. The molecule has 186 valence electrons. The molecule has 0 aromatic heterocycles. The highest BCUT2D eigenvalue weighted by molar-refractivity contribution is 5.84. The molecule has 0 saturated heterocycles. The topological polar surface area (TPSA) is 95.9 Å². The van der Waals surface area contributed by atoms with Crippen LogP contribution in [0.1, 0.15) is 62.5 Å². The smallest absolute Gasteiger partial charge is 0.407 e. The standard InChI is InChI=1S/C28H34N2O5/c1-2-30(17-9-14-25(31)32)26(33)28(15-7-8-16-28)19-29-27(34)35-18-24-22-12-5-3-10-20(22)21-11-4-6-13-23(21)24/h3-6,10-13,24H,2,7-9,14-19H2,1H3,(H,29,34)(H,31,32). The lowest BCUT2D eigenvalue weighted by Crippen LogP contribution is -2.49. The van der Waals surface area contributed by atoms with Gasteiger partial charge in [-0.3, -0.25) is 9.59 Å². The molecule has 0 atom stereocenters. The summed E-state index contributed by atoms with van der Waals surface area (Å²) >= 11 is 0. The summed E-state index contributed by atoms with van der Waals surface area (Å²) in [5, 5.41) is 11.8. The Morgan fingerprint density at radius 3 is 2.20 bits per heavy atom. The Bertz CT molecular complexity index is 1030. The van der Waals surface area contributed by atoms with Crippen molar-refractivity contribution < 1.29 is 24.2 Å². The molecule has 2 N–H and O–H groups in total. The largest absolute Gasteiger partial charge is 0.481 e. The van der Waals surface area contributed by atoms with E-state index >= 15 is 0 Å². The van der Waals surface area contributed by atoms with E-state index < -0.39 is 17.5 Å². The third-order valence-corrected chi connectivity index (χ3v) is 7.42. The van der Waals surface area contributed by atoms with Gasteiger partial charge in [0, 0.05) is 32.0 Å². The van der Waals surface area contributed by atoms with Crippen molar-refractivity contribution in [1.82, 2.24) is 10.2 Å². The van der Waals surface area contributed by atoms with Gasteiger partial charge < -0.3 is 20.1 Å². The molecule has 2 aromatic rings. The van der Waals surface area contributed by atoms with Gasteiger partial charge in [-0.15, -0.1) is 0 Å². The number of carbonyl (C=O) groups is 3. The van der Waals surface area contributed by atoms with E-state index in [1.165, 1.54) is 11.1 Å². The van der Waals surface area contributed by atoms with Gasteiger partial charge >= 0.3 is 12.1 Å². The lowest BCUT2D eigenvalue weighted by molar-refractivity contribution is -0.143. The number of carboxylic acids is 1. The Balaban J connectivity index is 1.36. The Labute approximate surface area is 206 Å². The van der Waals surface area contributed by atoms with E-state index in [1.807, 2.05) is 31.2 Å². The molecule has 0 radical (unpaired) electrons. The Kier molecular flexibility index (Phi) is 7.73. The Morgan fingerprint density at radius 2 is 1.63 bits per heavy atom. The summed E-state index contributed by atoms with van der Waals surface area (Å²) in [6, 6.07) is 16.4. The van der Waals surface area contributed by atoms with Gasteiger partial charge in [0.25, 0.3) is 0 Å². The molecule has 35 heavy (non-hydrogen) atoms. The minimum Gasteiger partial charge on any atom is -0.481 e. The number of carbonyl (C=O) groups excluding carboxylic acids is 2. The molecular weight excluding hydrogens is 444 g/mol. The minimum atomic E-state index is -0.860. The van der Waals surface area contributed by atoms with E-state index in [2.05, 4.69) is 29.6 Å². The predicted octanol–water partition coefficient (Wildman–Crippen LogP) is 4.80. The first-order valence-electron chi connectivity index (χ1n) is 12.6. The molecule has 2 aliphatic rings. The van der Waals surface area contributed by atoms with Crippen LogP contribution in [-0.2, 0) is 14.3 Å². The minimum absolute atomic E-state index is 0.00170. The highest BCUT2D eigenvalue weighted by Gasteiger charge is 2.43. The van der Waals surface area contributed by atoms with E-state index in [0.29, 0.717) is 32.4 Å². The van der Waals surface area contributed by atoms with Crippen molar-refractivity contribution in [2.75, 3.05) is 26.2 Å². The number of hydrogen-bond acceptors (Lipinski definition) is 4. The second-order valence-corrected chi connectivity index (χ2v) is 9.55. The lowest BCUT2D eigenvalue weighted by atomic mass is 9.84. The summed E-state index contributed by atoms with van der Waals surface area (Å²) in [6.07, 6.45) is 3.24.